The highest BCUT2D eigenvalue weighted by Crippen LogP contribution is 2.44. The third kappa shape index (κ3) is 6.58. The second-order valence-corrected chi connectivity index (χ2v) is 9.65. The highest BCUT2D eigenvalue weighted by molar-refractivity contribution is 7.57. The van der Waals surface area contributed by atoms with E-state index in [1.165, 1.54) is 0 Å². The molecule has 0 amide bonds. The minimum absolute atomic E-state index is 0.0749. The van der Waals surface area contributed by atoms with Crippen LogP contribution in [0.4, 0.5) is 0 Å². The van der Waals surface area contributed by atoms with E-state index >= 15 is 0 Å². The van der Waals surface area contributed by atoms with E-state index in [-0.39, 0.29) is 24.4 Å². The van der Waals surface area contributed by atoms with Gasteiger partial charge >= 0.3 is 0 Å². The summed E-state index contributed by atoms with van der Waals surface area (Å²) in [4.78, 5) is 10.2. The van der Waals surface area contributed by atoms with Gasteiger partial charge in [0.1, 0.15) is 0 Å². The van der Waals surface area contributed by atoms with Crippen LogP contribution in [0.15, 0.2) is 54.6 Å². The molecule has 0 bridgehead atoms. The molecule has 0 spiro atoms. The number of hydrogen-bond donors (Lipinski definition) is 3. The van der Waals surface area contributed by atoms with Crippen molar-refractivity contribution in [3.63, 3.8) is 0 Å². The van der Waals surface area contributed by atoms with Gasteiger partial charge in [-0.2, -0.15) is 0 Å². The summed E-state index contributed by atoms with van der Waals surface area (Å²) in [7, 11) is -3.44. The minimum Gasteiger partial charge on any atom is -0.391 e. The van der Waals surface area contributed by atoms with Gasteiger partial charge in [0.25, 0.3) is 0 Å². The van der Waals surface area contributed by atoms with Crippen molar-refractivity contribution < 1.29 is 14.6 Å². The van der Waals surface area contributed by atoms with Crippen molar-refractivity contribution in [2.75, 3.05) is 12.7 Å². The zero-order valence-corrected chi connectivity index (χ0v) is 16.2. The van der Waals surface area contributed by atoms with Gasteiger partial charge in [0, 0.05) is 23.3 Å². The Labute approximate surface area is 154 Å². The van der Waals surface area contributed by atoms with Gasteiger partial charge in [-0.1, -0.05) is 54.1 Å². The van der Waals surface area contributed by atoms with Crippen LogP contribution in [-0.2, 0) is 16.3 Å². The molecule has 0 saturated carbocycles. The lowest BCUT2D eigenvalue weighted by atomic mass is 9.94. The molecule has 136 valence electrons. The van der Waals surface area contributed by atoms with Gasteiger partial charge in [0.05, 0.1) is 12.3 Å². The number of nitrogens with one attached hydrogen (secondary N) is 1. The molecule has 2 aromatic carbocycles. The van der Waals surface area contributed by atoms with Gasteiger partial charge < -0.3 is 15.3 Å². The number of rotatable bonds is 8. The lowest BCUT2D eigenvalue weighted by molar-refractivity contribution is 0.176. The van der Waals surface area contributed by atoms with E-state index in [1.807, 2.05) is 68.4 Å². The summed E-state index contributed by atoms with van der Waals surface area (Å²) in [5, 5.41) is 14.1. The number of hydrogen-bond acceptors (Lipinski definition) is 3. The molecule has 3 N–H and O–H groups in total. The monoisotopic (exact) mass is 381 g/mol. The van der Waals surface area contributed by atoms with Crippen molar-refractivity contribution in [3.05, 3.63) is 70.7 Å². The predicted octanol–water partition coefficient (Wildman–Crippen LogP) is 4.00. The van der Waals surface area contributed by atoms with E-state index in [0.717, 1.165) is 11.1 Å². The molecule has 0 heterocycles. The second-order valence-electron chi connectivity index (χ2n) is 6.84. The largest absolute Gasteiger partial charge is 0.391 e. The van der Waals surface area contributed by atoms with E-state index in [4.69, 9.17) is 11.6 Å². The maximum Gasteiger partial charge on any atom is 0.207 e. The molecule has 0 fully saturated rings. The Kier molecular flexibility index (Phi) is 6.84. The fourth-order valence-electron chi connectivity index (χ4n) is 2.67. The number of aliphatic hydroxyl groups excluding tert-OH is 1. The SMILES string of the molecule is CC(C)(NC[C@H](O)CP(=O)(O)Cc1ccccc1)c1ccc(Cl)cc1. The number of halogens is 1. The van der Waals surface area contributed by atoms with Crippen LogP contribution in [0.1, 0.15) is 25.0 Å². The quantitative estimate of drug-likeness (QED) is 0.604. The molecule has 0 aliphatic rings. The first-order valence-electron chi connectivity index (χ1n) is 8.22. The Hall–Kier alpha value is -1.16. The Morgan fingerprint density at radius 3 is 2.32 bits per heavy atom. The smallest absolute Gasteiger partial charge is 0.207 e. The van der Waals surface area contributed by atoms with Crippen molar-refractivity contribution in [1.82, 2.24) is 5.32 Å². The highest BCUT2D eigenvalue weighted by atomic mass is 35.5. The third-order valence-electron chi connectivity index (χ3n) is 4.11. The molecular formula is C19H25ClNO3P. The first-order valence-corrected chi connectivity index (χ1v) is 10.6. The highest BCUT2D eigenvalue weighted by Gasteiger charge is 2.26. The van der Waals surface area contributed by atoms with Crippen LogP contribution in [0.3, 0.4) is 0 Å². The first-order chi connectivity index (χ1) is 11.7. The fourth-order valence-corrected chi connectivity index (χ4v) is 4.49. The van der Waals surface area contributed by atoms with Crippen molar-refractivity contribution in [2.24, 2.45) is 0 Å². The Bertz CT molecular complexity index is 719. The predicted molar refractivity (Wildman–Crippen MR) is 103 cm³/mol. The summed E-state index contributed by atoms with van der Waals surface area (Å²) in [5.41, 5.74) is 1.44. The molecule has 4 nitrogen and oxygen atoms in total. The van der Waals surface area contributed by atoms with Gasteiger partial charge in [0.15, 0.2) is 0 Å². The van der Waals surface area contributed by atoms with Gasteiger partial charge in [-0.25, -0.2) is 0 Å². The summed E-state index contributed by atoms with van der Waals surface area (Å²) in [5.74, 6) is 0. The normalized spacial score (nSPS) is 15.6. The van der Waals surface area contributed by atoms with Crippen molar-refractivity contribution in [1.29, 1.82) is 0 Å². The van der Waals surface area contributed by atoms with E-state index < -0.39 is 13.5 Å². The van der Waals surface area contributed by atoms with Crippen LogP contribution >= 0.6 is 19.0 Å². The summed E-state index contributed by atoms with van der Waals surface area (Å²) in [6.07, 6.45) is -0.956. The molecule has 0 saturated heterocycles. The molecule has 25 heavy (non-hydrogen) atoms. The van der Waals surface area contributed by atoms with Gasteiger partial charge in [-0.05, 0) is 37.1 Å². The van der Waals surface area contributed by atoms with E-state index in [9.17, 15) is 14.6 Å². The zero-order valence-electron chi connectivity index (χ0n) is 14.5. The molecule has 2 aromatic rings. The summed E-state index contributed by atoms with van der Waals surface area (Å²) >= 11 is 5.91. The van der Waals surface area contributed by atoms with Gasteiger partial charge in [0.2, 0.25) is 7.37 Å². The topological polar surface area (TPSA) is 69.6 Å². The maximum atomic E-state index is 12.4. The Morgan fingerprint density at radius 2 is 1.72 bits per heavy atom. The molecule has 0 aliphatic carbocycles. The molecule has 0 aromatic heterocycles. The van der Waals surface area contributed by atoms with E-state index in [1.54, 1.807) is 0 Å². The summed E-state index contributed by atoms with van der Waals surface area (Å²) in [6, 6.07) is 16.7. The average Bonchev–Trinajstić information content (AvgIpc) is 2.53. The third-order valence-corrected chi connectivity index (χ3v) is 6.22. The summed E-state index contributed by atoms with van der Waals surface area (Å²) in [6.45, 7) is 4.21. The molecule has 2 rings (SSSR count). The van der Waals surface area contributed by atoms with Crippen LogP contribution in [0.25, 0.3) is 0 Å². The molecular weight excluding hydrogens is 357 g/mol. The van der Waals surface area contributed by atoms with Gasteiger partial charge in [-0.15, -0.1) is 0 Å². The average molecular weight is 382 g/mol. The first kappa shape index (κ1) is 20.2. The minimum atomic E-state index is -3.44. The second kappa shape index (κ2) is 8.48. The van der Waals surface area contributed by atoms with Gasteiger partial charge in [-0.3, -0.25) is 4.57 Å². The lowest BCUT2D eigenvalue weighted by Crippen LogP contribution is -2.42. The zero-order chi connectivity index (χ0) is 18.5. The van der Waals surface area contributed by atoms with Crippen molar-refractivity contribution >= 4 is 19.0 Å². The lowest BCUT2D eigenvalue weighted by Gasteiger charge is -2.29. The molecule has 6 heteroatoms. The number of aliphatic hydroxyl groups is 1. The standard InChI is InChI=1S/C19H25ClNO3P/c1-19(2,16-8-10-17(20)11-9-16)21-12-18(22)14-25(23,24)13-15-6-4-3-5-7-15/h3-11,18,21-22H,12-14H2,1-2H3,(H,23,24)/t18-/m0/s1. The van der Waals surface area contributed by atoms with Crippen LogP contribution in [0, 0.1) is 0 Å². The molecule has 0 radical (unpaired) electrons. The van der Waals surface area contributed by atoms with Crippen molar-refractivity contribution in [2.45, 2.75) is 31.7 Å². The maximum absolute atomic E-state index is 12.4. The molecule has 1 unspecified atom stereocenters. The van der Waals surface area contributed by atoms with Crippen LogP contribution in [0.5, 0.6) is 0 Å². The molecule has 2 atom stereocenters. The van der Waals surface area contributed by atoms with Crippen molar-refractivity contribution in [3.8, 4) is 0 Å². The number of benzene rings is 2. The van der Waals surface area contributed by atoms with Crippen LogP contribution in [0.2, 0.25) is 5.02 Å². The van der Waals surface area contributed by atoms with E-state index in [0.29, 0.717) is 5.02 Å². The van der Waals surface area contributed by atoms with Crippen LogP contribution in [-0.4, -0.2) is 28.8 Å². The van der Waals surface area contributed by atoms with Crippen LogP contribution < -0.4 is 5.32 Å². The Balaban J connectivity index is 1.89. The molecule has 0 aliphatic heterocycles. The fraction of sp³-hybridized carbons (Fsp3) is 0.368. The van der Waals surface area contributed by atoms with E-state index in [2.05, 4.69) is 5.32 Å². The Morgan fingerprint density at radius 1 is 1.12 bits per heavy atom. The summed E-state index contributed by atoms with van der Waals surface area (Å²) < 4.78 is 12.4.